The number of benzene rings is 1. The topological polar surface area (TPSA) is 83.7 Å². The Balaban J connectivity index is 1.41. The first-order valence-corrected chi connectivity index (χ1v) is 10.1. The first kappa shape index (κ1) is 16.4. The lowest BCUT2D eigenvalue weighted by Gasteiger charge is -2.42. The van der Waals surface area contributed by atoms with Gasteiger partial charge in [0.15, 0.2) is 15.2 Å². The van der Waals surface area contributed by atoms with Gasteiger partial charge in [0.05, 0.1) is 5.69 Å². The van der Waals surface area contributed by atoms with Crippen molar-refractivity contribution < 1.29 is 0 Å². The van der Waals surface area contributed by atoms with Crippen molar-refractivity contribution in [3.05, 3.63) is 44.8 Å². The Hall–Kier alpha value is -1.74. The SMILES string of the molecule is Cc1nc2c(I)n[nH]c2nc1N1CCC2(CC1)Cc1ccccc1[C@H]2N. The van der Waals surface area contributed by atoms with E-state index in [0.717, 1.165) is 58.7 Å². The van der Waals surface area contributed by atoms with Crippen LogP contribution in [0.5, 0.6) is 0 Å². The van der Waals surface area contributed by atoms with Crippen LogP contribution in [0.4, 0.5) is 5.82 Å². The molecule has 26 heavy (non-hydrogen) atoms. The van der Waals surface area contributed by atoms with Crippen molar-refractivity contribution in [1.82, 2.24) is 20.2 Å². The molecule has 5 rings (SSSR count). The third-order valence-electron chi connectivity index (χ3n) is 6.15. The molecule has 6 nitrogen and oxygen atoms in total. The number of piperidine rings is 1. The lowest BCUT2D eigenvalue weighted by Crippen LogP contribution is -2.44. The molecule has 0 amide bonds. The predicted octanol–water partition coefficient (Wildman–Crippen LogP) is 3.11. The zero-order chi connectivity index (χ0) is 17.9. The maximum atomic E-state index is 6.69. The minimum absolute atomic E-state index is 0.143. The van der Waals surface area contributed by atoms with Gasteiger partial charge in [-0.3, -0.25) is 5.10 Å². The molecule has 0 radical (unpaired) electrons. The normalized spacial score (nSPS) is 21.5. The third-order valence-corrected chi connectivity index (χ3v) is 6.90. The van der Waals surface area contributed by atoms with E-state index in [4.69, 9.17) is 15.7 Å². The number of nitrogens with two attached hydrogens (primary N) is 1. The van der Waals surface area contributed by atoms with E-state index in [2.05, 4.69) is 62.0 Å². The first-order chi connectivity index (χ1) is 12.6. The molecule has 1 saturated heterocycles. The van der Waals surface area contributed by atoms with Crippen LogP contribution in [0.2, 0.25) is 0 Å². The third kappa shape index (κ3) is 2.36. The Morgan fingerprint density at radius 1 is 1.23 bits per heavy atom. The van der Waals surface area contributed by atoms with E-state index < -0.39 is 0 Å². The molecule has 0 unspecified atom stereocenters. The molecule has 1 aliphatic carbocycles. The molecule has 3 N–H and O–H groups in total. The molecule has 2 aliphatic rings. The van der Waals surface area contributed by atoms with Gasteiger partial charge in [-0.1, -0.05) is 24.3 Å². The highest BCUT2D eigenvalue weighted by atomic mass is 127. The van der Waals surface area contributed by atoms with Crippen LogP contribution in [0.15, 0.2) is 24.3 Å². The van der Waals surface area contributed by atoms with Gasteiger partial charge in [0, 0.05) is 19.1 Å². The van der Waals surface area contributed by atoms with Gasteiger partial charge in [0.1, 0.15) is 5.52 Å². The van der Waals surface area contributed by atoms with Crippen LogP contribution in [-0.2, 0) is 6.42 Å². The van der Waals surface area contributed by atoms with Crippen molar-refractivity contribution in [3.63, 3.8) is 0 Å². The van der Waals surface area contributed by atoms with Crippen LogP contribution < -0.4 is 10.6 Å². The molecule has 1 fully saturated rings. The number of hydrogen-bond donors (Lipinski definition) is 2. The van der Waals surface area contributed by atoms with E-state index in [9.17, 15) is 0 Å². The summed E-state index contributed by atoms with van der Waals surface area (Å²) in [7, 11) is 0. The van der Waals surface area contributed by atoms with Crippen molar-refractivity contribution >= 4 is 39.6 Å². The number of fused-ring (bicyclic) bond motifs is 2. The molecule has 0 bridgehead atoms. The highest BCUT2D eigenvalue weighted by Crippen LogP contribution is 2.51. The fraction of sp³-hybridized carbons (Fsp3) is 0.421. The summed E-state index contributed by atoms with van der Waals surface area (Å²) in [5.74, 6) is 0.969. The number of halogens is 1. The molecular weight excluding hydrogens is 439 g/mol. The summed E-state index contributed by atoms with van der Waals surface area (Å²) in [5.41, 5.74) is 12.2. The fourth-order valence-corrected chi connectivity index (χ4v) is 5.15. The van der Waals surface area contributed by atoms with Crippen molar-refractivity contribution in [2.75, 3.05) is 18.0 Å². The predicted molar refractivity (Wildman–Crippen MR) is 110 cm³/mol. The lowest BCUT2D eigenvalue weighted by atomic mass is 9.73. The summed E-state index contributed by atoms with van der Waals surface area (Å²) < 4.78 is 0.868. The molecule has 7 heteroatoms. The largest absolute Gasteiger partial charge is 0.355 e. The number of anilines is 1. The van der Waals surface area contributed by atoms with Gasteiger partial charge in [0.25, 0.3) is 0 Å². The summed E-state index contributed by atoms with van der Waals surface area (Å²) in [5, 5.41) is 7.20. The summed E-state index contributed by atoms with van der Waals surface area (Å²) >= 11 is 2.19. The monoisotopic (exact) mass is 460 g/mol. The molecule has 1 atom stereocenters. The molecule has 134 valence electrons. The van der Waals surface area contributed by atoms with Gasteiger partial charge in [-0.05, 0) is 65.3 Å². The van der Waals surface area contributed by atoms with Crippen LogP contribution >= 0.6 is 22.6 Å². The maximum absolute atomic E-state index is 6.69. The number of aromatic nitrogens is 4. The molecule has 1 aliphatic heterocycles. The summed E-state index contributed by atoms with van der Waals surface area (Å²) in [6.07, 6.45) is 3.27. The van der Waals surface area contributed by atoms with Crippen molar-refractivity contribution in [2.24, 2.45) is 11.1 Å². The van der Waals surface area contributed by atoms with Gasteiger partial charge >= 0.3 is 0 Å². The standard InChI is InChI=1S/C19H21IN6/c1-11-18(23-17-14(22-11)16(20)24-25-17)26-8-6-19(7-9-26)10-12-4-2-3-5-13(12)15(19)21/h2-5,15H,6-10,21H2,1H3,(H,23,24,25)/t15-/m1/s1. The second-order valence-electron chi connectivity index (χ2n) is 7.55. The Labute approximate surface area is 165 Å². The number of hydrogen-bond acceptors (Lipinski definition) is 5. The van der Waals surface area contributed by atoms with E-state index in [1.807, 2.05) is 6.92 Å². The molecule has 2 aromatic heterocycles. The van der Waals surface area contributed by atoms with Crippen molar-refractivity contribution in [2.45, 2.75) is 32.2 Å². The highest BCUT2D eigenvalue weighted by Gasteiger charge is 2.46. The van der Waals surface area contributed by atoms with Crippen LogP contribution in [0.1, 0.15) is 35.7 Å². The van der Waals surface area contributed by atoms with E-state index in [-0.39, 0.29) is 11.5 Å². The van der Waals surface area contributed by atoms with Crippen LogP contribution in [-0.4, -0.2) is 33.3 Å². The summed E-state index contributed by atoms with van der Waals surface area (Å²) in [6, 6.07) is 8.81. The van der Waals surface area contributed by atoms with E-state index in [1.54, 1.807) is 0 Å². The zero-order valence-electron chi connectivity index (χ0n) is 14.7. The minimum atomic E-state index is 0.143. The van der Waals surface area contributed by atoms with Gasteiger partial charge in [0.2, 0.25) is 0 Å². The number of rotatable bonds is 1. The van der Waals surface area contributed by atoms with E-state index in [1.165, 1.54) is 11.1 Å². The van der Waals surface area contributed by atoms with Gasteiger partial charge in [-0.2, -0.15) is 5.10 Å². The smallest absolute Gasteiger partial charge is 0.177 e. The molecule has 3 heterocycles. The van der Waals surface area contributed by atoms with Crippen LogP contribution in [0.25, 0.3) is 11.2 Å². The van der Waals surface area contributed by atoms with E-state index in [0.29, 0.717) is 0 Å². The quantitative estimate of drug-likeness (QED) is 0.546. The molecular formula is C19H21IN6. The fourth-order valence-electron chi connectivity index (χ4n) is 4.66. The Kier molecular flexibility index (Phi) is 3.72. The molecule has 1 aromatic carbocycles. The number of nitrogens with one attached hydrogen (secondary N) is 1. The van der Waals surface area contributed by atoms with Crippen molar-refractivity contribution in [1.29, 1.82) is 0 Å². The van der Waals surface area contributed by atoms with Crippen LogP contribution in [0, 0.1) is 16.0 Å². The molecule has 0 saturated carbocycles. The number of nitrogens with zero attached hydrogens (tertiary/aromatic N) is 4. The van der Waals surface area contributed by atoms with Crippen LogP contribution in [0.3, 0.4) is 0 Å². The average Bonchev–Trinajstić information content (AvgIpc) is 3.14. The minimum Gasteiger partial charge on any atom is -0.355 e. The Morgan fingerprint density at radius 3 is 2.77 bits per heavy atom. The van der Waals surface area contributed by atoms with Gasteiger partial charge in [-0.25, -0.2) is 9.97 Å². The number of aromatic amines is 1. The number of H-pyrrole nitrogens is 1. The first-order valence-electron chi connectivity index (χ1n) is 9.04. The highest BCUT2D eigenvalue weighted by molar-refractivity contribution is 14.1. The Morgan fingerprint density at radius 2 is 2.00 bits per heavy atom. The maximum Gasteiger partial charge on any atom is 0.177 e. The average molecular weight is 460 g/mol. The van der Waals surface area contributed by atoms with Gasteiger partial charge in [-0.15, -0.1) is 0 Å². The summed E-state index contributed by atoms with van der Waals surface area (Å²) in [6.45, 7) is 3.97. The van der Waals surface area contributed by atoms with E-state index >= 15 is 0 Å². The second kappa shape index (κ2) is 5.88. The Bertz CT molecular complexity index is 989. The molecule has 1 spiro atoms. The zero-order valence-corrected chi connectivity index (χ0v) is 16.8. The molecule has 3 aromatic rings. The van der Waals surface area contributed by atoms with Gasteiger partial charge < -0.3 is 10.6 Å². The number of aryl methyl sites for hydroxylation is 1. The second-order valence-corrected chi connectivity index (χ2v) is 8.57. The van der Waals surface area contributed by atoms with Crippen molar-refractivity contribution in [3.8, 4) is 0 Å². The lowest BCUT2D eigenvalue weighted by molar-refractivity contribution is 0.187. The summed E-state index contributed by atoms with van der Waals surface area (Å²) in [4.78, 5) is 11.9.